The minimum Gasteiger partial charge on any atom is -0.494 e. The Hall–Kier alpha value is -1.60. The maximum Gasteiger partial charge on any atom is 0.304 e. The highest BCUT2D eigenvalue weighted by molar-refractivity contribution is 7.89. The van der Waals surface area contributed by atoms with Crippen LogP contribution in [-0.4, -0.2) is 32.1 Å². The smallest absolute Gasteiger partial charge is 0.304 e. The fourth-order valence-electron chi connectivity index (χ4n) is 1.57. The number of rotatable bonds is 8. The molecule has 1 rings (SSSR count). The maximum atomic E-state index is 12.0. The van der Waals surface area contributed by atoms with Gasteiger partial charge in [0.2, 0.25) is 10.0 Å². The quantitative estimate of drug-likeness (QED) is 0.761. The van der Waals surface area contributed by atoms with E-state index < -0.39 is 22.0 Å². The molecule has 0 aromatic heterocycles. The summed E-state index contributed by atoms with van der Waals surface area (Å²) in [5, 5.41) is 8.62. The van der Waals surface area contributed by atoms with Gasteiger partial charge in [0.05, 0.1) is 17.9 Å². The van der Waals surface area contributed by atoms with Crippen LogP contribution in [-0.2, 0) is 14.8 Å². The zero-order chi connectivity index (χ0) is 15.2. The molecule has 0 radical (unpaired) electrons. The summed E-state index contributed by atoms with van der Waals surface area (Å²) in [5.74, 6) is -0.451. The van der Waals surface area contributed by atoms with Gasteiger partial charge in [0, 0.05) is 6.04 Å². The van der Waals surface area contributed by atoms with E-state index in [1.807, 2.05) is 6.92 Å². The molecule has 112 valence electrons. The Labute approximate surface area is 118 Å². The fraction of sp³-hybridized carbons (Fsp3) is 0.462. The van der Waals surface area contributed by atoms with Crippen LogP contribution < -0.4 is 9.46 Å². The molecule has 2 N–H and O–H groups in total. The van der Waals surface area contributed by atoms with Crippen LogP contribution in [0.1, 0.15) is 26.7 Å². The van der Waals surface area contributed by atoms with Crippen molar-refractivity contribution in [1.29, 1.82) is 0 Å². The van der Waals surface area contributed by atoms with Crippen molar-refractivity contribution in [2.75, 3.05) is 6.61 Å². The zero-order valence-electron chi connectivity index (χ0n) is 11.5. The maximum absolute atomic E-state index is 12.0. The predicted molar refractivity (Wildman–Crippen MR) is 74.3 cm³/mol. The summed E-state index contributed by atoms with van der Waals surface area (Å²) in [6.07, 6.45) is 0.602. The average molecular weight is 301 g/mol. The van der Waals surface area contributed by atoms with E-state index in [0.717, 1.165) is 6.42 Å². The zero-order valence-corrected chi connectivity index (χ0v) is 12.3. The minimum absolute atomic E-state index is 0.0820. The Morgan fingerprint density at radius 2 is 1.95 bits per heavy atom. The van der Waals surface area contributed by atoms with Crippen LogP contribution >= 0.6 is 0 Å². The van der Waals surface area contributed by atoms with Crippen LogP contribution in [0.5, 0.6) is 5.75 Å². The van der Waals surface area contributed by atoms with Gasteiger partial charge in [-0.3, -0.25) is 4.79 Å². The number of hydrogen-bond donors (Lipinski definition) is 2. The van der Waals surface area contributed by atoms with Crippen molar-refractivity contribution in [1.82, 2.24) is 4.72 Å². The normalized spacial score (nSPS) is 12.9. The lowest BCUT2D eigenvalue weighted by Crippen LogP contribution is -2.34. The van der Waals surface area contributed by atoms with Crippen LogP contribution in [0, 0.1) is 0 Å². The molecule has 1 aromatic carbocycles. The molecule has 0 bridgehead atoms. The Kier molecular flexibility index (Phi) is 5.97. The van der Waals surface area contributed by atoms with E-state index in [4.69, 9.17) is 9.84 Å². The van der Waals surface area contributed by atoms with E-state index in [-0.39, 0.29) is 11.3 Å². The summed E-state index contributed by atoms with van der Waals surface area (Å²) in [7, 11) is -3.71. The molecule has 1 aromatic rings. The highest BCUT2D eigenvalue weighted by atomic mass is 32.2. The largest absolute Gasteiger partial charge is 0.494 e. The van der Waals surface area contributed by atoms with Crippen molar-refractivity contribution >= 4 is 16.0 Å². The highest BCUT2D eigenvalue weighted by Gasteiger charge is 2.18. The second-order valence-electron chi connectivity index (χ2n) is 4.44. The van der Waals surface area contributed by atoms with E-state index >= 15 is 0 Å². The Morgan fingerprint density at radius 3 is 2.45 bits per heavy atom. The van der Waals surface area contributed by atoms with Crippen molar-refractivity contribution in [2.24, 2.45) is 0 Å². The molecule has 0 fully saturated rings. The first-order chi connectivity index (χ1) is 9.35. The monoisotopic (exact) mass is 301 g/mol. The molecule has 0 aliphatic carbocycles. The van der Waals surface area contributed by atoms with E-state index in [0.29, 0.717) is 12.4 Å². The van der Waals surface area contributed by atoms with Gasteiger partial charge < -0.3 is 9.84 Å². The van der Waals surface area contributed by atoms with Crippen molar-refractivity contribution in [3.63, 3.8) is 0 Å². The number of sulfonamides is 1. The number of carboxylic acids is 1. The number of benzene rings is 1. The molecule has 0 aliphatic heterocycles. The average Bonchev–Trinajstić information content (AvgIpc) is 2.35. The first kappa shape index (κ1) is 16.5. The molecule has 1 atom stereocenters. The number of carboxylic acid groups (broad SMARTS) is 1. The lowest BCUT2D eigenvalue weighted by molar-refractivity contribution is -0.137. The molecule has 0 amide bonds. The van der Waals surface area contributed by atoms with Gasteiger partial charge in [-0.15, -0.1) is 0 Å². The first-order valence-corrected chi connectivity index (χ1v) is 7.80. The summed E-state index contributed by atoms with van der Waals surface area (Å²) in [6, 6.07) is 5.34. The lowest BCUT2D eigenvalue weighted by Gasteiger charge is -2.12. The van der Waals surface area contributed by atoms with Crippen LogP contribution in [0.4, 0.5) is 0 Å². The molecule has 0 spiro atoms. The van der Waals surface area contributed by atoms with Crippen LogP contribution in [0.15, 0.2) is 29.2 Å². The van der Waals surface area contributed by atoms with E-state index in [9.17, 15) is 13.2 Å². The molecule has 6 nitrogen and oxygen atoms in total. The van der Waals surface area contributed by atoms with Gasteiger partial charge in [-0.2, -0.15) is 0 Å². The van der Waals surface area contributed by atoms with E-state index in [1.165, 1.54) is 19.1 Å². The predicted octanol–water partition coefficient (Wildman–Crippen LogP) is 1.62. The van der Waals surface area contributed by atoms with E-state index in [1.54, 1.807) is 12.1 Å². The Bertz CT molecular complexity index is 538. The van der Waals surface area contributed by atoms with Gasteiger partial charge in [0.25, 0.3) is 0 Å². The third-order valence-electron chi connectivity index (χ3n) is 2.44. The Balaban J connectivity index is 2.74. The van der Waals surface area contributed by atoms with Gasteiger partial charge in [0.1, 0.15) is 5.75 Å². The minimum atomic E-state index is -3.71. The molecule has 20 heavy (non-hydrogen) atoms. The number of nitrogens with one attached hydrogen (secondary N) is 1. The van der Waals surface area contributed by atoms with E-state index in [2.05, 4.69) is 4.72 Å². The van der Waals surface area contributed by atoms with Gasteiger partial charge >= 0.3 is 5.97 Å². The van der Waals surface area contributed by atoms with Gasteiger partial charge in [-0.25, -0.2) is 13.1 Å². The number of carbonyl (C=O) groups is 1. The number of aliphatic carboxylic acids is 1. The van der Waals surface area contributed by atoms with Crippen molar-refractivity contribution in [3.05, 3.63) is 24.3 Å². The second-order valence-corrected chi connectivity index (χ2v) is 6.15. The fourth-order valence-corrected chi connectivity index (χ4v) is 2.81. The van der Waals surface area contributed by atoms with Crippen molar-refractivity contribution in [3.8, 4) is 5.75 Å². The van der Waals surface area contributed by atoms with Crippen LogP contribution in [0.2, 0.25) is 0 Å². The molecular weight excluding hydrogens is 282 g/mol. The second kappa shape index (κ2) is 7.25. The molecule has 0 heterocycles. The van der Waals surface area contributed by atoms with Gasteiger partial charge in [-0.05, 0) is 37.6 Å². The molecule has 0 aliphatic rings. The van der Waals surface area contributed by atoms with Crippen LogP contribution in [0.25, 0.3) is 0 Å². The molecule has 0 saturated heterocycles. The number of hydrogen-bond acceptors (Lipinski definition) is 4. The summed E-state index contributed by atoms with van der Waals surface area (Å²) < 4.78 is 31.7. The summed E-state index contributed by atoms with van der Waals surface area (Å²) in [4.78, 5) is 10.6. The van der Waals surface area contributed by atoms with Crippen molar-refractivity contribution in [2.45, 2.75) is 37.6 Å². The Morgan fingerprint density at radius 1 is 1.35 bits per heavy atom. The summed E-state index contributed by atoms with van der Waals surface area (Å²) >= 11 is 0. The first-order valence-electron chi connectivity index (χ1n) is 6.32. The standard InChI is InChI=1S/C13H19NO5S/c1-3-8-19-11-4-6-12(7-5-11)20(17,18)14-10(2)9-13(15)16/h4-7,10,14H,3,8-9H2,1-2H3,(H,15,16). The van der Waals surface area contributed by atoms with Gasteiger partial charge in [0.15, 0.2) is 0 Å². The summed E-state index contributed by atoms with van der Waals surface area (Å²) in [6.45, 7) is 4.05. The molecule has 0 saturated carbocycles. The van der Waals surface area contributed by atoms with Crippen LogP contribution in [0.3, 0.4) is 0 Å². The third-order valence-corrected chi connectivity index (χ3v) is 4.05. The molecule has 7 heteroatoms. The lowest BCUT2D eigenvalue weighted by atomic mass is 10.3. The van der Waals surface area contributed by atoms with Crippen molar-refractivity contribution < 1.29 is 23.1 Å². The summed E-state index contributed by atoms with van der Waals surface area (Å²) in [5.41, 5.74) is 0. The third kappa shape index (κ3) is 5.18. The topological polar surface area (TPSA) is 92.7 Å². The molecular formula is C13H19NO5S. The highest BCUT2D eigenvalue weighted by Crippen LogP contribution is 2.16. The SMILES string of the molecule is CCCOc1ccc(S(=O)(=O)NC(C)CC(=O)O)cc1. The number of ether oxygens (including phenoxy) is 1. The molecule has 1 unspecified atom stereocenters. The van der Waals surface area contributed by atoms with Gasteiger partial charge in [-0.1, -0.05) is 6.92 Å².